The van der Waals surface area contributed by atoms with Gasteiger partial charge in [0.05, 0.1) is 24.7 Å². The van der Waals surface area contributed by atoms with E-state index < -0.39 is 12.1 Å². The molecular weight excluding hydrogens is 360 g/mol. The van der Waals surface area contributed by atoms with Crippen LogP contribution < -0.4 is 14.9 Å². The van der Waals surface area contributed by atoms with Crippen LogP contribution in [0.15, 0.2) is 51.7 Å². The number of ether oxygens (including phenoxy) is 3. The predicted molar refractivity (Wildman–Crippen MR) is 106 cm³/mol. The molecule has 3 rings (SSSR count). The molecule has 146 valence electrons. The van der Waals surface area contributed by atoms with Gasteiger partial charge in [-0.2, -0.15) is 0 Å². The summed E-state index contributed by atoms with van der Waals surface area (Å²) in [4.78, 5) is 24.8. The van der Waals surface area contributed by atoms with E-state index in [9.17, 15) is 9.59 Å². The van der Waals surface area contributed by atoms with E-state index in [2.05, 4.69) is 0 Å². The first-order valence-electron chi connectivity index (χ1n) is 8.99. The van der Waals surface area contributed by atoms with Crippen LogP contribution in [-0.4, -0.2) is 25.8 Å². The van der Waals surface area contributed by atoms with Crippen molar-refractivity contribution in [1.82, 2.24) is 0 Å². The molecule has 1 atom stereocenters. The van der Waals surface area contributed by atoms with Crippen LogP contribution in [0.5, 0.6) is 11.5 Å². The summed E-state index contributed by atoms with van der Waals surface area (Å²) in [6, 6.07) is 12.1. The minimum atomic E-state index is -0.760. The third kappa shape index (κ3) is 3.86. The van der Waals surface area contributed by atoms with Crippen molar-refractivity contribution >= 4 is 16.9 Å². The van der Waals surface area contributed by atoms with Gasteiger partial charge in [0.25, 0.3) is 0 Å². The van der Waals surface area contributed by atoms with E-state index >= 15 is 0 Å². The maximum atomic E-state index is 13.0. The number of methoxy groups -OCH3 is 1. The van der Waals surface area contributed by atoms with Gasteiger partial charge in [-0.25, -0.2) is 4.79 Å². The Balaban J connectivity index is 1.98. The highest BCUT2D eigenvalue weighted by Gasteiger charge is 2.18. The van der Waals surface area contributed by atoms with E-state index in [-0.39, 0.29) is 12.0 Å². The second kappa shape index (κ2) is 8.17. The number of hydrogen-bond acceptors (Lipinski definition) is 6. The average Bonchev–Trinajstić information content (AvgIpc) is 2.68. The quantitative estimate of drug-likeness (QED) is 0.597. The second-order valence-corrected chi connectivity index (χ2v) is 6.26. The van der Waals surface area contributed by atoms with Gasteiger partial charge in [0.1, 0.15) is 22.8 Å². The molecule has 0 fully saturated rings. The van der Waals surface area contributed by atoms with E-state index in [0.29, 0.717) is 33.8 Å². The SMILES string of the molecule is CCOC(=O)[C@H](C)Oc1ccc2c(=O)c(-c3ccc(OC)cc3)c(C)oc2c1. The van der Waals surface area contributed by atoms with E-state index in [1.807, 2.05) is 12.1 Å². The fourth-order valence-electron chi connectivity index (χ4n) is 2.96. The van der Waals surface area contributed by atoms with Gasteiger partial charge < -0.3 is 18.6 Å². The zero-order valence-electron chi connectivity index (χ0n) is 16.3. The van der Waals surface area contributed by atoms with Crippen molar-refractivity contribution < 1.29 is 23.4 Å². The van der Waals surface area contributed by atoms with Crippen molar-refractivity contribution in [2.75, 3.05) is 13.7 Å². The average molecular weight is 382 g/mol. The predicted octanol–water partition coefficient (Wildman–Crippen LogP) is 4.11. The largest absolute Gasteiger partial charge is 0.497 e. The van der Waals surface area contributed by atoms with Crippen LogP contribution in [0.25, 0.3) is 22.1 Å². The van der Waals surface area contributed by atoms with Crippen LogP contribution in [0.1, 0.15) is 19.6 Å². The molecule has 0 aliphatic heterocycles. The summed E-state index contributed by atoms with van der Waals surface area (Å²) >= 11 is 0. The topological polar surface area (TPSA) is 75.0 Å². The molecule has 0 bridgehead atoms. The molecule has 0 saturated heterocycles. The van der Waals surface area contributed by atoms with E-state index in [0.717, 1.165) is 5.56 Å². The number of aryl methyl sites for hydroxylation is 1. The molecule has 6 heteroatoms. The van der Waals surface area contributed by atoms with Crippen molar-refractivity contribution in [2.45, 2.75) is 26.9 Å². The highest BCUT2D eigenvalue weighted by Crippen LogP contribution is 2.28. The van der Waals surface area contributed by atoms with E-state index in [1.54, 1.807) is 58.2 Å². The van der Waals surface area contributed by atoms with Crippen LogP contribution >= 0.6 is 0 Å². The van der Waals surface area contributed by atoms with Gasteiger partial charge in [-0.3, -0.25) is 4.79 Å². The van der Waals surface area contributed by atoms with Gasteiger partial charge in [-0.15, -0.1) is 0 Å². The summed E-state index contributed by atoms with van der Waals surface area (Å²) in [6.45, 7) is 5.37. The molecule has 0 spiro atoms. The molecule has 0 amide bonds. The third-order valence-corrected chi connectivity index (χ3v) is 4.35. The molecule has 0 aliphatic carbocycles. The number of esters is 1. The third-order valence-electron chi connectivity index (χ3n) is 4.35. The highest BCUT2D eigenvalue weighted by molar-refractivity contribution is 5.84. The Labute approximate surface area is 162 Å². The molecule has 0 radical (unpaired) electrons. The van der Waals surface area contributed by atoms with Gasteiger partial charge >= 0.3 is 5.97 Å². The van der Waals surface area contributed by atoms with E-state index in [4.69, 9.17) is 18.6 Å². The van der Waals surface area contributed by atoms with Gasteiger partial charge in [-0.1, -0.05) is 12.1 Å². The Morgan fingerprint density at radius 1 is 1.11 bits per heavy atom. The lowest BCUT2D eigenvalue weighted by molar-refractivity contribution is -0.150. The number of carbonyl (C=O) groups excluding carboxylic acids is 1. The Kier molecular flexibility index (Phi) is 5.68. The molecule has 0 saturated carbocycles. The fourth-order valence-corrected chi connectivity index (χ4v) is 2.96. The molecule has 6 nitrogen and oxygen atoms in total. The number of benzene rings is 2. The first-order chi connectivity index (χ1) is 13.4. The van der Waals surface area contributed by atoms with Crippen molar-refractivity contribution in [3.8, 4) is 22.6 Å². The minimum Gasteiger partial charge on any atom is -0.497 e. The Hall–Kier alpha value is -3.28. The first kappa shape index (κ1) is 19.5. The van der Waals surface area contributed by atoms with Crippen molar-refractivity contribution in [3.63, 3.8) is 0 Å². The zero-order valence-corrected chi connectivity index (χ0v) is 16.3. The summed E-state index contributed by atoms with van der Waals surface area (Å²) in [6.07, 6.45) is -0.760. The summed E-state index contributed by atoms with van der Waals surface area (Å²) in [5, 5.41) is 0.438. The Bertz CT molecular complexity index is 1050. The molecule has 0 aliphatic rings. The molecule has 0 N–H and O–H groups in total. The molecule has 28 heavy (non-hydrogen) atoms. The highest BCUT2D eigenvalue weighted by atomic mass is 16.6. The molecule has 1 heterocycles. The minimum absolute atomic E-state index is 0.131. The molecule has 2 aromatic carbocycles. The summed E-state index contributed by atoms with van der Waals surface area (Å²) in [5.74, 6) is 1.19. The lowest BCUT2D eigenvalue weighted by Gasteiger charge is -2.14. The summed E-state index contributed by atoms with van der Waals surface area (Å²) < 4.78 is 21.6. The van der Waals surface area contributed by atoms with Crippen LogP contribution in [-0.2, 0) is 9.53 Å². The Morgan fingerprint density at radius 2 is 1.79 bits per heavy atom. The standard InChI is InChI=1S/C22H22O6/c1-5-26-22(24)14(3)27-17-10-11-18-19(12-17)28-13(2)20(21(18)23)15-6-8-16(25-4)9-7-15/h6-12,14H,5H2,1-4H3/t14-/m0/s1. The van der Waals surface area contributed by atoms with Crippen molar-refractivity contribution in [3.05, 3.63) is 58.4 Å². The van der Waals surface area contributed by atoms with Crippen LogP contribution in [0.3, 0.4) is 0 Å². The monoisotopic (exact) mass is 382 g/mol. The molecule has 1 aromatic heterocycles. The van der Waals surface area contributed by atoms with Gasteiger partial charge in [-0.05, 0) is 50.6 Å². The molecule has 3 aromatic rings. The smallest absolute Gasteiger partial charge is 0.347 e. The number of rotatable bonds is 6. The summed E-state index contributed by atoms with van der Waals surface area (Å²) in [7, 11) is 1.59. The van der Waals surface area contributed by atoms with Crippen molar-refractivity contribution in [2.24, 2.45) is 0 Å². The second-order valence-electron chi connectivity index (χ2n) is 6.26. The zero-order chi connectivity index (χ0) is 20.3. The van der Waals surface area contributed by atoms with Gasteiger partial charge in [0.15, 0.2) is 6.10 Å². The molecule has 0 unspecified atom stereocenters. The lowest BCUT2D eigenvalue weighted by atomic mass is 10.0. The van der Waals surface area contributed by atoms with Gasteiger partial charge in [0.2, 0.25) is 5.43 Å². The Morgan fingerprint density at radius 3 is 2.43 bits per heavy atom. The lowest BCUT2D eigenvalue weighted by Crippen LogP contribution is -2.26. The number of hydrogen-bond donors (Lipinski definition) is 0. The van der Waals surface area contributed by atoms with Gasteiger partial charge in [0, 0.05) is 6.07 Å². The number of carbonyl (C=O) groups is 1. The first-order valence-corrected chi connectivity index (χ1v) is 8.99. The van der Waals surface area contributed by atoms with Crippen LogP contribution in [0.2, 0.25) is 0 Å². The molecular formula is C22H22O6. The summed E-state index contributed by atoms with van der Waals surface area (Å²) in [5.41, 5.74) is 1.52. The van der Waals surface area contributed by atoms with Crippen LogP contribution in [0.4, 0.5) is 0 Å². The normalized spacial score (nSPS) is 11.9. The van der Waals surface area contributed by atoms with Crippen molar-refractivity contribution in [1.29, 1.82) is 0 Å². The maximum absolute atomic E-state index is 13.0. The van der Waals surface area contributed by atoms with E-state index in [1.165, 1.54) is 0 Å². The number of fused-ring (bicyclic) bond motifs is 1. The maximum Gasteiger partial charge on any atom is 0.347 e. The van der Waals surface area contributed by atoms with Crippen LogP contribution in [0, 0.1) is 6.92 Å². The fraction of sp³-hybridized carbons (Fsp3) is 0.273.